The van der Waals surface area contributed by atoms with Crippen molar-refractivity contribution in [2.24, 2.45) is 0 Å². The molecule has 0 spiro atoms. The average molecular weight is 278 g/mol. The number of nitrogens with one attached hydrogen (secondary N) is 2. The normalized spacial score (nSPS) is 12.7. The second-order valence-corrected chi connectivity index (χ2v) is 4.63. The molecule has 102 valence electrons. The number of amides is 1. The van der Waals surface area contributed by atoms with Gasteiger partial charge in [0.05, 0.1) is 18.3 Å². The molecule has 1 amide bonds. The molecule has 0 fully saturated rings. The number of halogens is 2. The fourth-order valence-corrected chi connectivity index (χ4v) is 1.75. The summed E-state index contributed by atoms with van der Waals surface area (Å²) in [6.07, 6.45) is 0. The van der Waals surface area contributed by atoms with Crippen molar-refractivity contribution in [2.75, 3.05) is 7.05 Å². The molecule has 0 saturated heterocycles. The molecule has 0 aliphatic carbocycles. The van der Waals surface area contributed by atoms with Crippen LogP contribution in [-0.2, 0) is 17.1 Å². The van der Waals surface area contributed by atoms with Gasteiger partial charge in [-0.25, -0.2) is 0 Å². The van der Waals surface area contributed by atoms with Crippen LogP contribution in [0.1, 0.15) is 18.4 Å². The number of carbonyl (C=O) groups excluding carboxylic acids is 1. The summed E-state index contributed by atoms with van der Waals surface area (Å²) >= 11 is 0.519. The van der Waals surface area contributed by atoms with Crippen molar-refractivity contribution < 1.29 is 18.0 Å². The van der Waals surface area contributed by atoms with Gasteiger partial charge in [-0.2, -0.15) is 8.78 Å². The topological polar surface area (TPSA) is 54.3 Å². The van der Waals surface area contributed by atoms with Gasteiger partial charge < -0.3 is 9.73 Å². The van der Waals surface area contributed by atoms with Crippen molar-refractivity contribution in [3.05, 3.63) is 23.7 Å². The van der Waals surface area contributed by atoms with E-state index in [1.54, 1.807) is 26.1 Å². The predicted molar refractivity (Wildman–Crippen MR) is 66.4 cm³/mol. The van der Waals surface area contributed by atoms with Crippen molar-refractivity contribution in [3.8, 4) is 0 Å². The number of likely N-dealkylation sites (N-methyl/N-ethyl adjacent to an activating group) is 1. The molecule has 18 heavy (non-hydrogen) atoms. The zero-order valence-corrected chi connectivity index (χ0v) is 11.0. The fraction of sp³-hybridized carbons (Fsp3) is 0.545. The monoisotopic (exact) mass is 278 g/mol. The van der Waals surface area contributed by atoms with E-state index in [9.17, 15) is 13.6 Å². The Hall–Kier alpha value is -1.08. The van der Waals surface area contributed by atoms with Gasteiger partial charge in [0, 0.05) is 7.05 Å². The summed E-state index contributed by atoms with van der Waals surface area (Å²) in [5, 5.41) is 5.49. The van der Waals surface area contributed by atoms with E-state index in [2.05, 4.69) is 10.6 Å². The largest absolute Gasteiger partial charge is 0.464 e. The van der Waals surface area contributed by atoms with Crippen molar-refractivity contribution in [2.45, 2.75) is 31.0 Å². The molecule has 0 radical (unpaired) electrons. The molecule has 1 atom stereocenters. The maximum Gasteiger partial charge on any atom is 0.284 e. The second-order valence-electron chi connectivity index (χ2n) is 3.66. The molecule has 0 aliphatic rings. The van der Waals surface area contributed by atoms with E-state index in [-0.39, 0.29) is 17.7 Å². The van der Waals surface area contributed by atoms with E-state index >= 15 is 0 Å². The average Bonchev–Trinajstić information content (AvgIpc) is 2.80. The van der Waals surface area contributed by atoms with Crippen molar-refractivity contribution in [1.29, 1.82) is 0 Å². The van der Waals surface area contributed by atoms with Gasteiger partial charge in [0.2, 0.25) is 5.91 Å². The van der Waals surface area contributed by atoms with Gasteiger partial charge in [-0.1, -0.05) is 11.8 Å². The summed E-state index contributed by atoms with van der Waals surface area (Å²) in [6, 6.07) is 3.04. The van der Waals surface area contributed by atoms with E-state index < -0.39 is 5.76 Å². The maximum absolute atomic E-state index is 12.0. The Morgan fingerprint density at radius 3 is 2.72 bits per heavy atom. The van der Waals surface area contributed by atoms with E-state index in [4.69, 9.17) is 4.42 Å². The fourth-order valence-electron chi connectivity index (χ4n) is 1.30. The lowest BCUT2D eigenvalue weighted by atomic mass is 10.3. The van der Waals surface area contributed by atoms with E-state index in [0.29, 0.717) is 29.8 Å². The minimum atomic E-state index is -2.40. The lowest BCUT2D eigenvalue weighted by Crippen LogP contribution is -2.40. The van der Waals surface area contributed by atoms with Gasteiger partial charge in [0.15, 0.2) is 0 Å². The number of furan rings is 1. The Kier molecular flexibility index (Phi) is 6.14. The third-order valence-corrected chi connectivity index (χ3v) is 2.99. The molecule has 2 N–H and O–H groups in total. The van der Waals surface area contributed by atoms with Crippen LogP contribution in [0.3, 0.4) is 0 Å². The molecule has 0 saturated carbocycles. The van der Waals surface area contributed by atoms with Crippen LogP contribution in [0.5, 0.6) is 0 Å². The first-order valence-corrected chi connectivity index (χ1v) is 6.50. The molecule has 0 bridgehead atoms. The maximum atomic E-state index is 12.0. The highest BCUT2D eigenvalue weighted by atomic mass is 32.2. The third-order valence-electron chi connectivity index (χ3n) is 2.29. The minimum absolute atomic E-state index is 0.116. The number of thioether (sulfide) groups is 1. The third kappa shape index (κ3) is 5.05. The summed E-state index contributed by atoms with van der Waals surface area (Å²) in [5.74, 6) is -1.25. The molecule has 7 heteroatoms. The first-order valence-electron chi connectivity index (χ1n) is 5.45. The number of carbonyl (C=O) groups is 1. The first-order chi connectivity index (χ1) is 8.52. The lowest BCUT2D eigenvalue weighted by Gasteiger charge is -2.10. The van der Waals surface area contributed by atoms with Crippen molar-refractivity contribution >= 4 is 17.7 Å². The van der Waals surface area contributed by atoms with Crippen LogP contribution in [0.25, 0.3) is 0 Å². The number of hydrogen-bond acceptors (Lipinski definition) is 4. The second kappa shape index (κ2) is 7.38. The number of rotatable bonds is 7. The zero-order chi connectivity index (χ0) is 13.5. The number of hydrogen-bond donors (Lipinski definition) is 2. The molecule has 1 rings (SSSR count). The summed E-state index contributed by atoms with van der Waals surface area (Å²) in [7, 11) is 1.56. The molecule has 0 aliphatic heterocycles. The molecule has 1 aromatic rings. The Balaban J connectivity index is 2.37. The molecular formula is C11H16F2N2O2S. The van der Waals surface area contributed by atoms with Crippen LogP contribution >= 0.6 is 11.8 Å². The predicted octanol–water partition coefficient (Wildman–Crippen LogP) is 1.96. The molecule has 4 nitrogen and oxygen atoms in total. The van der Waals surface area contributed by atoms with Crippen molar-refractivity contribution in [1.82, 2.24) is 10.6 Å². The highest BCUT2D eigenvalue weighted by Crippen LogP contribution is 2.21. The molecule has 1 unspecified atom stereocenters. The summed E-state index contributed by atoms with van der Waals surface area (Å²) in [6.45, 7) is 2.11. The Bertz CT molecular complexity index is 385. The summed E-state index contributed by atoms with van der Waals surface area (Å²) < 4.78 is 29.3. The van der Waals surface area contributed by atoms with E-state index in [1.807, 2.05) is 0 Å². The Morgan fingerprint density at radius 2 is 2.11 bits per heavy atom. The minimum Gasteiger partial charge on any atom is -0.464 e. The SMILES string of the molecule is CNC(=O)C(C)NCc1ccc(CSC(F)F)o1. The number of alkyl halides is 2. The van der Waals surface area contributed by atoms with Crippen LogP contribution in [0, 0.1) is 0 Å². The van der Waals surface area contributed by atoms with Crippen LogP contribution < -0.4 is 10.6 Å². The van der Waals surface area contributed by atoms with Crippen LogP contribution in [0.15, 0.2) is 16.5 Å². The molecule has 0 aromatic carbocycles. The van der Waals surface area contributed by atoms with Crippen LogP contribution in [-0.4, -0.2) is 24.8 Å². The van der Waals surface area contributed by atoms with Gasteiger partial charge >= 0.3 is 0 Å². The summed E-state index contributed by atoms with van der Waals surface area (Å²) in [4.78, 5) is 11.2. The van der Waals surface area contributed by atoms with E-state index in [0.717, 1.165) is 0 Å². The van der Waals surface area contributed by atoms with E-state index in [1.165, 1.54) is 0 Å². The standard InChI is InChI=1S/C11H16F2N2O2S/c1-7(10(16)14-2)15-5-8-3-4-9(17-8)6-18-11(12)13/h3-4,7,11,15H,5-6H2,1-2H3,(H,14,16). The molecule has 1 aromatic heterocycles. The van der Waals surface area contributed by atoms with Gasteiger partial charge in [-0.3, -0.25) is 10.1 Å². The highest BCUT2D eigenvalue weighted by Gasteiger charge is 2.11. The smallest absolute Gasteiger partial charge is 0.284 e. The zero-order valence-electron chi connectivity index (χ0n) is 10.2. The van der Waals surface area contributed by atoms with Crippen LogP contribution in [0.2, 0.25) is 0 Å². The van der Waals surface area contributed by atoms with Crippen LogP contribution in [0.4, 0.5) is 8.78 Å². The summed E-state index contributed by atoms with van der Waals surface area (Å²) in [5.41, 5.74) is 0. The lowest BCUT2D eigenvalue weighted by molar-refractivity contribution is -0.122. The van der Waals surface area contributed by atoms with Gasteiger partial charge in [-0.05, 0) is 19.1 Å². The first kappa shape index (κ1) is 15.0. The Morgan fingerprint density at radius 1 is 1.44 bits per heavy atom. The molecule has 1 heterocycles. The quantitative estimate of drug-likeness (QED) is 0.800. The van der Waals surface area contributed by atoms with Gasteiger partial charge in [0.1, 0.15) is 11.5 Å². The van der Waals surface area contributed by atoms with Crippen molar-refractivity contribution in [3.63, 3.8) is 0 Å². The van der Waals surface area contributed by atoms with Gasteiger partial charge in [0.25, 0.3) is 5.76 Å². The highest BCUT2D eigenvalue weighted by molar-refractivity contribution is 7.98. The Labute approximate surface area is 108 Å². The molecular weight excluding hydrogens is 262 g/mol. The van der Waals surface area contributed by atoms with Gasteiger partial charge in [-0.15, -0.1) is 0 Å².